The predicted molar refractivity (Wildman–Crippen MR) is 71.3 cm³/mol. The van der Waals surface area contributed by atoms with Gasteiger partial charge >= 0.3 is 0 Å². The van der Waals surface area contributed by atoms with Crippen LogP contribution in [-0.4, -0.2) is 37.9 Å². The maximum absolute atomic E-state index is 12.0. The summed E-state index contributed by atoms with van der Waals surface area (Å²) in [5, 5.41) is 11.6. The Kier molecular flexibility index (Phi) is 5.43. The summed E-state index contributed by atoms with van der Waals surface area (Å²) < 4.78 is 10.9. The number of aliphatic hydroxyl groups is 1. The molecule has 0 unspecified atom stereocenters. The van der Waals surface area contributed by atoms with E-state index in [0.29, 0.717) is 21.5 Å². The minimum absolute atomic E-state index is 0.126. The molecule has 0 saturated heterocycles. The van der Waals surface area contributed by atoms with Crippen LogP contribution in [-0.2, 0) is 0 Å². The molecule has 1 atom stereocenters. The summed E-state index contributed by atoms with van der Waals surface area (Å²) in [4.78, 5) is 12.0. The van der Waals surface area contributed by atoms with Crippen LogP contribution in [0.2, 0.25) is 0 Å². The van der Waals surface area contributed by atoms with E-state index in [1.165, 1.54) is 14.2 Å². The Labute approximate surface area is 114 Å². The normalized spacial score (nSPS) is 11.8. The molecule has 5 nitrogen and oxygen atoms in total. The number of carbonyl (C=O) groups is 1. The van der Waals surface area contributed by atoms with Crippen LogP contribution in [0, 0.1) is 0 Å². The highest BCUT2D eigenvalue weighted by molar-refractivity contribution is 9.10. The predicted octanol–water partition coefficient (Wildman–Crippen LogP) is 1.58. The van der Waals surface area contributed by atoms with Gasteiger partial charge in [0.05, 0.1) is 30.9 Å². The lowest BCUT2D eigenvalue weighted by molar-refractivity contribution is 0.0918. The molecule has 0 aliphatic rings. The van der Waals surface area contributed by atoms with E-state index in [1.54, 1.807) is 19.1 Å². The number of aliphatic hydroxyl groups excluding tert-OH is 1. The molecule has 0 radical (unpaired) electrons. The van der Waals surface area contributed by atoms with Crippen LogP contribution in [0.5, 0.6) is 11.5 Å². The number of hydrogen-bond donors (Lipinski definition) is 2. The average Bonchev–Trinajstić information content (AvgIpc) is 2.37. The third kappa shape index (κ3) is 3.36. The van der Waals surface area contributed by atoms with Crippen molar-refractivity contribution in [2.45, 2.75) is 13.0 Å². The zero-order chi connectivity index (χ0) is 13.7. The minimum Gasteiger partial charge on any atom is -0.497 e. The summed E-state index contributed by atoms with van der Waals surface area (Å²) >= 11 is 3.32. The second-order valence-corrected chi connectivity index (χ2v) is 4.60. The minimum atomic E-state index is -0.327. The molecule has 1 rings (SSSR count). The van der Waals surface area contributed by atoms with E-state index in [0.717, 1.165) is 0 Å². The Hall–Kier alpha value is -1.27. The SMILES string of the molecule is COc1cc(Br)c(OC)c(C(=O)N[C@@H](C)CO)c1. The number of ether oxygens (including phenoxy) is 2. The standard InChI is InChI=1S/C12H16BrNO4/c1-7(6-15)14-12(16)9-4-8(17-2)5-10(13)11(9)18-3/h4-5,7,15H,6H2,1-3H3,(H,14,16)/t7-/m0/s1. The summed E-state index contributed by atoms with van der Waals surface area (Å²) in [6, 6.07) is 2.97. The fraction of sp³-hybridized carbons (Fsp3) is 0.417. The second kappa shape index (κ2) is 6.61. The second-order valence-electron chi connectivity index (χ2n) is 3.75. The highest BCUT2D eigenvalue weighted by atomic mass is 79.9. The molecule has 0 bridgehead atoms. The molecule has 6 heteroatoms. The Morgan fingerprint density at radius 2 is 2.11 bits per heavy atom. The van der Waals surface area contributed by atoms with Gasteiger partial charge in [-0.1, -0.05) is 0 Å². The van der Waals surface area contributed by atoms with Gasteiger partial charge in [0.15, 0.2) is 0 Å². The number of rotatable bonds is 5. The highest BCUT2D eigenvalue weighted by Crippen LogP contribution is 2.33. The van der Waals surface area contributed by atoms with E-state index in [9.17, 15) is 4.79 Å². The van der Waals surface area contributed by atoms with Gasteiger partial charge in [-0.25, -0.2) is 0 Å². The molecule has 0 fully saturated rings. The molecule has 0 heterocycles. The fourth-order valence-corrected chi connectivity index (χ4v) is 2.01. The number of benzene rings is 1. The van der Waals surface area contributed by atoms with Crippen molar-refractivity contribution in [3.63, 3.8) is 0 Å². The third-order valence-electron chi connectivity index (χ3n) is 2.35. The van der Waals surface area contributed by atoms with Crippen molar-refractivity contribution in [1.82, 2.24) is 5.32 Å². The van der Waals surface area contributed by atoms with E-state index >= 15 is 0 Å². The molecule has 1 aromatic rings. The Morgan fingerprint density at radius 3 is 2.61 bits per heavy atom. The lowest BCUT2D eigenvalue weighted by atomic mass is 10.1. The molecular weight excluding hydrogens is 302 g/mol. The van der Waals surface area contributed by atoms with Crippen LogP contribution in [0.3, 0.4) is 0 Å². The molecule has 1 aromatic carbocycles. The number of halogens is 1. The molecule has 0 spiro atoms. The number of methoxy groups -OCH3 is 2. The summed E-state index contributed by atoms with van der Waals surface area (Å²) in [5.41, 5.74) is 0.351. The Bertz CT molecular complexity index is 436. The monoisotopic (exact) mass is 317 g/mol. The molecule has 1 amide bonds. The van der Waals surface area contributed by atoms with E-state index in [2.05, 4.69) is 21.2 Å². The summed E-state index contributed by atoms with van der Waals surface area (Å²) in [6.07, 6.45) is 0. The van der Waals surface area contributed by atoms with E-state index < -0.39 is 0 Å². The van der Waals surface area contributed by atoms with Gasteiger partial charge in [-0.15, -0.1) is 0 Å². The van der Waals surface area contributed by atoms with Gasteiger partial charge in [-0.2, -0.15) is 0 Å². The zero-order valence-electron chi connectivity index (χ0n) is 10.5. The van der Waals surface area contributed by atoms with Crippen molar-refractivity contribution in [1.29, 1.82) is 0 Å². The highest BCUT2D eigenvalue weighted by Gasteiger charge is 2.18. The molecular formula is C12H16BrNO4. The molecule has 2 N–H and O–H groups in total. The first-order valence-corrected chi connectivity index (χ1v) is 6.16. The fourth-order valence-electron chi connectivity index (χ4n) is 1.41. The van der Waals surface area contributed by atoms with Crippen molar-refractivity contribution in [3.8, 4) is 11.5 Å². The van der Waals surface area contributed by atoms with Crippen LogP contribution in [0.15, 0.2) is 16.6 Å². The number of hydrogen-bond acceptors (Lipinski definition) is 4. The van der Waals surface area contributed by atoms with Crippen LogP contribution in [0.25, 0.3) is 0 Å². The van der Waals surface area contributed by atoms with Gasteiger partial charge in [0.1, 0.15) is 11.5 Å². The first-order valence-electron chi connectivity index (χ1n) is 5.36. The van der Waals surface area contributed by atoms with Crippen LogP contribution < -0.4 is 14.8 Å². The number of amides is 1. The largest absolute Gasteiger partial charge is 0.497 e. The summed E-state index contributed by atoms with van der Waals surface area (Å²) in [7, 11) is 3.01. The third-order valence-corrected chi connectivity index (χ3v) is 2.94. The first-order chi connectivity index (χ1) is 8.53. The zero-order valence-corrected chi connectivity index (χ0v) is 12.1. The molecule has 0 aliphatic heterocycles. The van der Waals surface area contributed by atoms with E-state index in [1.807, 2.05) is 0 Å². The Balaban J connectivity index is 3.12. The molecule has 18 heavy (non-hydrogen) atoms. The van der Waals surface area contributed by atoms with Crippen molar-refractivity contribution in [2.75, 3.05) is 20.8 Å². The topological polar surface area (TPSA) is 67.8 Å². The molecule has 0 saturated carbocycles. The first kappa shape index (κ1) is 14.8. The summed E-state index contributed by atoms with van der Waals surface area (Å²) in [6.45, 7) is 1.58. The lowest BCUT2D eigenvalue weighted by Crippen LogP contribution is -2.35. The van der Waals surface area contributed by atoms with Crippen molar-refractivity contribution >= 4 is 21.8 Å². The molecule has 0 aliphatic carbocycles. The van der Waals surface area contributed by atoms with Crippen LogP contribution in [0.4, 0.5) is 0 Å². The van der Waals surface area contributed by atoms with Gasteiger partial charge in [0.2, 0.25) is 0 Å². The average molecular weight is 318 g/mol. The maximum atomic E-state index is 12.0. The van der Waals surface area contributed by atoms with Gasteiger partial charge in [-0.05, 0) is 35.0 Å². The smallest absolute Gasteiger partial charge is 0.255 e. The number of nitrogens with one attached hydrogen (secondary N) is 1. The molecule has 0 aromatic heterocycles. The van der Waals surface area contributed by atoms with E-state index in [4.69, 9.17) is 14.6 Å². The van der Waals surface area contributed by atoms with E-state index in [-0.39, 0.29) is 18.6 Å². The van der Waals surface area contributed by atoms with Crippen LogP contribution in [0.1, 0.15) is 17.3 Å². The van der Waals surface area contributed by atoms with Gasteiger partial charge in [-0.3, -0.25) is 4.79 Å². The van der Waals surface area contributed by atoms with Crippen molar-refractivity contribution in [3.05, 3.63) is 22.2 Å². The van der Waals surface area contributed by atoms with Gasteiger partial charge in [0.25, 0.3) is 5.91 Å². The van der Waals surface area contributed by atoms with Crippen LogP contribution >= 0.6 is 15.9 Å². The number of carbonyl (C=O) groups excluding carboxylic acids is 1. The van der Waals surface area contributed by atoms with Crippen molar-refractivity contribution < 1.29 is 19.4 Å². The lowest BCUT2D eigenvalue weighted by Gasteiger charge is -2.15. The Morgan fingerprint density at radius 1 is 1.44 bits per heavy atom. The summed E-state index contributed by atoms with van der Waals surface area (Å²) in [5.74, 6) is 0.649. The van der Waals surface area contributed by atoms with Gasteiger partial charge in [0, 0.05) is 6.04 Å². The maximum Gasteiger partial charge on any atom is 0.255 e. The molecule has 100 valence electrons. The quantitative estimate of drug-likeness (QED) is 0.865. The van der Waals surface area contributed by atoms with Gasteiger partial charge < -0.3 is 19.9 Å². The van der Waals surface area contributed by atoms with Crippen molar-refractivity contribution in [2.24, 2.45) is 0 Å².